The summed E-state index contributed by atoms with van der Waals surface area (Å²) in [5.74, 6) is 1.47. The van der Waals surface area contributed by atoms with Gasteiger partial charge in [-0.1, -0.05) is 59.4 Å². The van der Waals surface area contributed by atoms with Crippen molar-refractivity contribution in [2.75, 3.05) is 13.7 Å². The fourth-order valence-electron chi connectivity index (χ4n) is 10.5. The van der Waals surface area contributed by atoms with Crippen molar-refractivity contribution in [1.29, 1.82) is 0 Å². The summed E-state index contributed by atoms with van der Waals surface area (Å²) in [5.41, 5.74) is 8.07. The van der Waals surface area contributed by atoms with Crippen molar-refractivity contribution in [2.45, 2.75) is 116 Å². The van der Waals surface area contributed by atoms with Crippen molar-refractivity contribution >= 4 is 44.4 Å². The number of hydrogen-bond donors (Lipinski definition) is 1. The summed E-state index contributed by atoms with van der Waals surface area (Å²) in [6.45, 7) is 11.6. The van der Waals surface area contributed by atoms with Crippen LogP contribution < -0.4 is 9.46 Å². The summed E-state index contributed by atoms with van der Waals surface area (Å²) in [6.07, 6.45) is 13.1. The third kappa shape index (κ3) is 6.28. The van der Waals surface area contributed by atoms with Crippen molar-refractivity contribution in [3.8, 4) is 17.0 Å². The summed E-state index contributed by atoms with van der Waals surface area (Å²) >= 11 is 0. The Morgan fingerprint density at radius 2 is 1.82 bits per heavy atom. The van der Waals surface area contributed by atoms with Gasteiger partial charge in [-0.25, -0.2) is 13.1 Å². The average molecular weight is 780 g/mol. The Hall–Kier alpha value is -4.38. The molecule has 5 unspecified atom stereocenters. The fourth-order valence-corrected chi connectivity index (χ4v) is 11.6. The molecule has 2 amide bonds. The van der Waals surface area contributed by atoms with Crippen LogP contribution in [-0.4, -0.2) is 64.4 Å². The summed E-state index contributed by atoms with van der Waals surface area (Å²) in [4.78, 5) is 30.6. The second-order valence-corrected chi connectivity index (χ2v) is 19.4. The zero-order valence-corrected chi connectivity index (χ0v) is 34.8. The molecule has 0 radical (unpaired) electrons. The van der Waals surface area contributed by atoms with Crippen LogP contribution in [-0.2, 0) is 23.6 Å². The maximum absolute atomic E-state index is 14.8. The lowest BCUT2D eigenvalue weighted by Gasteiger charge is -2.43. The topological polar surface area (TPSA) is 116 Å². The van der Waals surface area contributed by atoms with E-state index in [0.29, 0.717) is 36.3 Å². The van der Waals surface area contributed by atoms with E-state index < -0.39 is 21.2 Å². The number of amides is 2. The summed E-state index contributed by atoms with van der Waals surface area (Å²) < 4.78 is 38.2. The summed E-state index contributed by atoms with van der Waals surface area (Å²) in [7, 11) is -0.261. The second kappa shape index (κ2) is 14.5. The quantitative estimate of drug-likeness (QED) is 0.182. The van der Waals surface area contributed by atoms with Gasteiger partial charge in [-0.2, -0.15) is 5.10 Å². The van der Waals surface area contributed by atoms with Crippen LogP contribution in [0.5, 0.6) is 5.75 Å². The minimum Gasteiger partial charge on any atom is -0.497 e. The summed E-state index contributed by atoms with van der Waals surface area (Å²) in [6, 6.07) is 12.0. The van der Waals surface area contributed by atoms with E-state index >= 15 is 0 Å². The number of aryl methyl sites for hydroxylation is 1. The van der Waals surface area contributed by atoms with Gasteiger partial charge >= 0.3 is 0 Å². The minimum atomic E-state index is -3.85. The standard InChI is InChI=1S/C45H57N5O5S/c1-8-28(4)56(53,54)47-43(51)30-15-17-37-39(22-30)50-25-32(20-31-21-35(55-7)16-18-36(31)42(50)40(37)29-13-11-10-12-14-29)41-38(24-46-48(41)6)44(52)49-26-33-23-34(49)19-27(3)45(33,5)9-2/h15-18,20-22,24,27-29,33-34H,8-14,19,23,25-26H2,1-7H3,(H,47,51). The second-order valence-electron chi connectivity index (χ2n) is 17.3. The molecule has 5 atom stereocenters. The molecule has 4 heterocycles. The number of benzene rings is 2. The van der Waals surface area contributed by atoms with Gasteiger partial charge in [-0.05, 0) is 115 Å². The Labute approximate surface area is 331 Å². The number of carbonyl (C=O) groups excluding carboxylic acids is 2. The van der Waals surface area contributed by atoms with Gasteiger partial charge in [0.05, 0.1) is 42.1 Å². The molecule has 298 valence electrons. The highest BCUT2D eigenvalue weighted by Gasteiger charge is 2.51. The van der Waals surface area contributed by atoms with Crippen LogP contribution in [0.3, 0.4) is 0 Å². The Bertz CT molecular complexity index is 2350. The fraction of sp³-hybridized carbons (Fsp3) is 0.533. The smallest absolute Gasteiger partial charge is 0.264 e. The average Bonchev–Trinajstić information content (AvgIpc) is 3.84. The van der Waals surface area contributed by atoms with Crippen LogP contribution in [0.2, 0.25) is 0 Å². The third-order valence-electron chi connectivity index (χ3n) is 14.5. The van der Waals surface area contributed by atoms with E-state index in [4.69, 9.17) is 9.84 Å². The molecule has 3 fully saturated rings. The molecule has 8 rings (SSSR count). The van der Waals surface area contributed by atoms with E-state index in [2.05, 4.69) is 53.2 Å². The van der Waals surface area contributed by atoms with E-state index in [1.807, 2.05) is 29.9 Å². The number of hydrogen-bond acceptors (Lipinski definition) is 6. The molecular weight excluding hydrogens is 723 g/mol. The van der Waals surface area contributed by atoms with E-state index in [9.17, 15) is 18.0 Å². The van der Waals surface area contributed by atoms with Gasteiger partial charge in [0.2, 0.25) is 10.0 Å². The van der Waals surface area contributed by atoms with Crippen molar-refractivity contribution < 1.29 is 22.7 Å². The molecule has 2 aliphatic heterocycles. The first kappa shape index (κ1) is 38.5. The first-order valence-corrected chi connectivity index (χ1v) is 22.3. The molecule has 2 saturated carbocycles. The molecular formula is C45H57N5O5S. The molecule has 4 aliphatic rings. The number of aromatic nitrogens is 3. The highest BCUT2D eigenvalue weighted by Crippen LogP contribution is 2.53. The van der Waals surface area contributed by atoms with Crippen LogP contribution >= 0.6 is 0 Å². The predicted octanol–water partition coefficient (Wildman–Crippen LogP) is 8.80. The molecule has 1 N–H and O–H groups in total. The number of rotatable bonds is 9. The van der Waals surface area contributed by atoms with Crippen molar-refractivity contribution in [2.24, 2.45) is 24.3 Å². The van der Waals surface area contributed by atoms with Gasteiger partial charge in [0.1, 0.15) is 5.75 Å². The molecule has 56 heavy (non-hydrogen) atoms. The number of methoxy groups -OCH3 is 1. The van der Waals surface area contributed by atoms with Crippen LogP contribution in [0.4, 0.5) is 0 Å². The monoisotopic (exact) mass is 779 g/mol. The number of fused-ring (bicyclic) bond motifs is 7. The number of ether oxygens (including phenoxy) is 1. The van der Waals surface area contributed by atoms with Crippen LogP contribution in [0.1, 0.15) is 136 Å². The molecule has 4 aromatic rings. The highest BCUT2D eigenvalue weighted by atomic mass is 32.2. The van der Waals surface area contributed by atoms with Crippen molar-refractivity contribution in [3.05, 3.63) is 70.5 Å². The Balaban J connectivity index is 1.29. The molecule has 2 aromatic heterocycles. The lowest BCUT2D eigenvalue weighted by Crippen LogP contribution is -2.39. The molecule has 1 saturated heterocycles. The molecule has 10 nitrogen and oxygen atoms in total. The van der Waals surface area contributed by atoms with Gasteiger partial charge in [-0.3, -0.25) is 14.3 Å². The molecule has 0 spiro atoms. The molecule has 2 aromatic carbocycles. The minimum absolute atomic E-state index is 0.0334. The largest absolute Gasteiger partial charge is 0.497 e. The number of likely N-dealkylation sites (tertiary alicyclic amines) is 1. The lowest BCUT2D eigenvalue weighted by molar-refractivity contribution is 0.0645. The normalized spacial score (nSPS) is 24.3. The first-order chi connectivity index (χ1) is 26.8. The highest BCUT2D eigenvalue weighted by molar-refractivity contribution is 7.90. The predicted molar refractivity (Wildman–Crippen MR) is 222 cm³/mol. The van der Waals surface area contributed by atoms with Crippen molar-refractivity contribution in [1.82, 2.24) is 24.0 Å². The van der Waals surface area contributed by atoms with Gasteiger partial charge in [-0.15, -0.1) is 0 Å². The maximum Gasteiger partial charge on any atom is 0.264 e. The van der Waals surface area contributed by atoms with Gasteiger partial charge in [0, 0.05) is 41.7 Å². The van der Waals surface area contributed by atoms with E-state index in [1.54, 1.807) is 33.2 Å². The summed E-state index contributed by atoms with van der Waals surface area (Å²) in [5, 5.41) is 5.09. The van der Waals surface area contributed by atoms with E-state index in [1.165, 1.54) is 12.0 Å². The Morgan fingerprint density at radius 1 is 1.05 bits per heavy atom. The molecule has 2 aliphatic carbocycles. The number of nitrogens with one attached hydrogen (secondary N) is 1. The van der Waals surface area contributed by atoms with Crippen LogP contribution in [0.25, 0.3) is 33.8 Å². The zero-order chi connectivity index (χ0) is 39.7. The molecule has 2 bridgehead atoms. The van der Waals surface area contributed by atoms with Crippen LogP contribution in [0, 0.1) is 17.3 Å². The molecule has 11 heteroatoms. The number of carbonyl (C=O) groups is 2. The zero-order valence-electron chi connectivity index (χ0n) is 34.0. The Morgan fingerprint density at radius 3 is 2.54 bits per heavy atom. The number of nitrogens with zero attached hydrogens (tertiary/aromatic N) is 4. The van der Waals surface area contributed by atoms with E-state index in [0.717, 1.165) is 96.2 Å². The van der Waals surface area contributed by atoms with Crippen LogP contribution in [0.15, 0.2) is 42.6 Å². The first-order valence-electron chi connectivity index (χ1n) is 20.7. The van der Waals surface area contributed by atoms with E-state index in [-0.39, 0.29) is 22.9 Å². The van der Waals surface area contributed by atoms with Gasteiger partial charge in [0.15, 0.2) is 0 Å². The number of allylic oxidation sites excluding steroid dienone is 1. The Kier molecular flexibility index (Phi) is 9.99. The van der Waals surface area contributed by atoms with Gasteiger partial charge < -0.3 is 14.2 Å². The maximum atomic E-state index is 14.8. The van der Waals surface area contributed by atoms with Gasteiger partial charge in [0.25, 0.3) is 11.8 Å². The third-order valence-corrected chi connectivity index (χ3v) is 16.3. The lowest BCUT2D eigenvalue weighted by atomic mass is 9.61. The number of sulfonamides is 1. The SMILES string of the molecule is CCC(C)S(=O)(=O)NC(=O)c1ccc2c(C3CCCCC3)c3n(c2c1)CC(c1c(C(=O)N2CC4CC2CC(C)C4(C)CC)cnn1C)=Cc1cc(OC)ccc1-3. The van der Waals surface area contributed by atoms with Crippen molar-refractivity contribution in [3.63, 3.8) is 0 Å².